The number of ether oxygens (including phenoxy) is 2. The van der Waals surface area contributed by atoms with E-state index in [0.717, 1.165) is 0 Å². The number of hydrogen-bond donors (Lipinski definition) is 1. The van der Waals surface area contributed by atoms with Crippen LogP contribution in [0.25, 0.3) is 0 Å². The number of benzene rings is 1. The summed E-state index contributed by atoms with van der Waals surface area (Å²) in [5.41, 5.74) is 0.689. The van der Waals surface area contributed by atoms with Crippen LogP contribution in [0.15, 0.2) is 18.2 Å². The zero-order valence-electron chi connectivity index (χ0n) is 11.0. The molecule has 1 fully saturated rings. The quantitative estimate of drug-likeness (QED) is 0.915. The van der Waals surface area contributed by atoms with Crippen molar-refractivity contribution < 1.29 is 14.6 Å². The molecule has 1 N–H and O–H groups in total. The molecule has 0 bridgehead atoms. The maximum absolute atomic E-state index is 9.51. The van der Waals surface area contributed by atoms with Gasteiger partial charge in [0.1, 0.15) is 12.2 Å². The molecule has 0 radical (unpaired) electrons. The number of halogens is 2. The van der Waals surface area contributed by atoms with E-state index in [-0.39, 0.29) is 6.61 Å². The molecule has 1 aliphatic rings. The Balaban J connectivity index is 2.38. The minimum Gasteiger partial charge on any atom is -0.394 e. The van der Waals surface area contributed by atoms with E-state index in [0.29, 0.717) is 28.5 Å². The van der Waals surface area contributed by atoms with E-state index in [4.69, 9.17) is 32.7 Å². The van der Waals surface area contributed by atoms with Gasteiger partial charge in [0.25, 0.3) is 0 Å². The van der Waals surface area contributed by atoms with Crippen molar-refractivity contribution in [1.29, 1.82) is 0 Å². The van der Waals surface area contributed by atoms with Gasteiger partial charge in [0, 0.05) is 15.6 Å². The molecule has 0 amide bonds. The molecule has 0 aromatic heterocycles. The predicted octanol–water partition coefficient (Wildman–Crippen LogP) is 3.96. The van der Waals surface area contributed by atoms with Crippen LogP contribution in [0.2, 0.25) is 10.0 Å². The molecule has 0 saturated carbocycles. The molecule has 0 aliphatic carbocycles. The standard InChI is InChI=1S/C14H18Cl2O3/c1-3-14(4-2)18-11(8-17)13(19-14)12-9(15)6-5-7-10(12)16/h5-7,11,13,17H,3-4,8H2,1-2H3/t11-,13+/m0/s1. The molecule has 106 valence electrons. The van der Waals surface area contributed by atoms with E-state index in [9.17, 15) is 5.11 Å². The van der Waals surface area contributed by atoms with E-state index in [1.54, 1.807) is 18.2 Å². The summed E-state index contributed by atoms with van der Waals surface area (Å²) in [5, 5.41) is 10.6. The zero-order valence-corrected chi connectivity index (χ0v) is 12.5. The lowest BCUT2D eigenvalue weighted by Gasteiger charge is -2.25. The molecule has 0 unspecified atom stereocenters. The summed E-state index contributed by atoms with van der Waals surface area (Å²) in [6, 6.07) is 5.31. The van der Waals surface area contributed by atoms with E-state index < -0.39 is 18.0 Å². The molecule has 19 heavy (non-hydrogen) atoms. The molecule has 1 aliphatic heterocycles. The topological polar surface area (TPSA) is 38.7 Å². The van der Waals surface area contributed by atoms with Crippen molar-refractivity contribution in [2.75, 3.05) is 6.61 Å². The molecule has 0 spiro atoms. The van der Waals surface area contributed by atoms with Crippen LogP contribution in [0, 0.1) is 0 Å². The fourth-order valence-corrected chi connectivity index (χ4v) is 3.03. The monoisotopic (exact) mass is 304 g/mol. The molecule has 2 rings (SSSR count). The number of aliphatic hydroxyl groups is 1. The van der Waals surface area contributed by atoms with E-state index in [2.05, 4.69) is 0 Å². The summed E-state index contributed by atoms with van der Waals surface area (Å²) in [6.45, 7) is 3.86. The van der Waals surface area contributed by atoms with Gasteiger partial charge in [-0.05, 0) is 25.0 Å². The highest BCUT2D eigenvalue weighted by atomic mass is 35.5. The van der Waals surface area contributed by atoms with Crippen LogP contribution in [0.4, 0.5) is 0 Å². The molecule has 1 aromatic rings. The number of rotatable bonds is 4. The average molecular weight is 305 g/mol. The molecule has 3 nitrogen and oxygen atoms in total. The van der Waals surface area contributed by atoms with Crippen molar-refractivity contribution in [3.63, 3.8) is 0 Å². The lowest BCUT2D eigenvalue weighted by molar-refractivity contribution is -0.181. The summed E-state index contributed by atoms with van der Waals surface area (Å²) >= 11 is 12.4. The second kappa shape index (κ2) is 5.98. The van der Waals surface area contributed by atoms with Gasteiger partial charge >= 0.3 is 0 Å². The minimum absolute atomic E-state index is 0.131. The van der Waals surface area contributed by atoms with Gasteiger partial charge in [-0.1, -0.05) is 43.1 Å². The second-order valence-electron chi connectivity index (χ2n) is 4.63. The van der Waals surface area contributed by atoms with Crippen LogP contribution in [0.1, 0.15) is 38.4 Å². The van der Waals surface area contributed by atoms with Crippen LogP contribution in [-0.2, 0) is 9.47 Å². The molecule has 5 heteroatoms. The number of aliphatic hydroxyl groups excluding tert-OH is 1. The molecule has 1 saturated heterocycles. The summed E-state index contributed by atoms with van der Waals surface area (Å²) in [6.07, 6.45) is 0.528. The van der Waals surface area contributed by atoms with Crippen molar-refractivity contribution in [2.45, 2.75) is 44.7 Å². The Kier molecular flexibility index (Phi) is 4.75. The maximum Gasteiger partial charge on any atom is 0.169 e. The van der Waals surface area contributed by atoms with Gasteiger partial charge in [-0.25, -0.2) is 0 Å². The summed E-state index contributed by atoms with van der Waals surface area (Å²) in [4.78, 5) is 0. The molecular formula is C14H18Cl2O3. The molecule has 1 aromatic carbocycles. The normalized spacial score (nSPS) is 25.7. The molecular weight excluding hydrogens is 287 g/mol. The van der Waals surface area contributed by atoms with E-state index >= 15 is 0 Å². The third-order valence-corrected chi connectivity index (χ3v) is 4.25. The van der Waals surface area contributed by atoms with Crippen molar-refractivity contribution in [3.8, 4) is 0 Å². The SMILES string of the molecule is CCC1(CC)O[C@@H](CO)[C@H](c2c(Cl)cccc2Cl)O1. The molecule has 1 heterocycles. The highest BCUT2D eigenvalue weighted by Crippen LogP contribution is 2.45. The first kappa shape index (κ1) is 15.1. The van der Waals surface area contributed by atoms with Gasteiger partial charge in [0.2, 0.25) is 0 Å². The fourth-order valence-electron chi connectivity index (χ4n) is 2.42. The lowest BCUT2D eigenvalue weighted by atomic mass is 10.0. The Hall–Kier alpha value is -0.320. The Morgan fingerprint density at radius 2 is 1.74 bits per heavy atom. The average Bonchev–Trinajstić information content (AvgIpc) is 2.78. The second-order valence-corrected chi connectivity index (χ2v) is 5.44. The van der Waals surface area contributed by atoms with Crippen molar-refractivity contribution in [1.82, 2.24) is 0 Å². The third-order valence-electron chi connectivity index (χ3n) is 3.59. The van der Waals surface area contributed by atoms with E-state index in [1.807, 2.05) is 13.8 Å². The smallest absolute Gasteiger partial charge is 0.169 e. The van der Waals surface area contributed by atoms with E-state index in [1.165, 1.54) is 0 Å². The Bertz CT molecular complexity index is 426. The lowest BCUT2D eigenvalue weighted by Crippen LogP contribution is -2.29. The summed E-state index contributed by atoms with van der Waals surface area (Å²) < 4.78 is 11.9. The maximum atomic E-state index is 9.51. The predicted molar refractivity (Wildman–Crippen MR) is 75.6 cm³/mol. The van der Waals surface area contributed by atoms with Crippen molar-refractivity contribution >= 4 is 23.2 Å². The van der Waals surface area contributed by atoms with Gasteiger partial charge < -0.3 is 14.6 Å². The van der Waals surface area contributed by atoms with Crippen LogP contribution in [0.3, 0.4) is 0 Å². The summed E-state index contributed by atoms with van der Waals surface area (Å²) in [5.74, 6) is -0.666. The van der Waals surface area contributed by atoms with Crippen molar-refractivity contribution in [2.24, 2.45) is 0 Å². The fraction of sp³-hybridized carbons (Fsp3) is 0.571. The van der Waals surface area contributed by atoms with Gasteiger partial charge in [-0.2, -0.15) is 0 Å². The largest absolute Gasteiger partial charge is 0.394 e. The van der Waals surface area contributed by atoms with Crippen LogP contribution < -0.4 is 0 Å². The first-order chi connectivity index (χ1) is 9.06. The Morgan fingerprint density at radius 3 is 2.21 bits per heavy atom. The zero-order chi connectivity index (χ0) is 14.0. The van der Waals surface area contributed by atoms with Gasteiger partial charge in [0.15, 0.2) is 5.79 Å². The highest BCUT2D eigenvalue weighted by molar-refractivity contribution is 6.36. The van der Waals surface area contributed by atoms with Crippen LogP contribution in [0.5, 0.6) is 0 Å². The Morgan fingerprint density at radius 1 is 1.16 bits per heavy atom. The van der Waals surface area contributed by atoms with Crippen LogP contribution in [-0.4, -0.2) is 23.6 Å². The van der Waals surface area contributed by atoms with Gasteiger partial charge in [-0.3, -0.25) is 0 Å². The Labute approximate surface area is 123 Å². The first-order valence-electron chi connectivity index (χ1n) is 6.47. The summed E-state index contributed by atoms with van der Waals surface area (Å²) in [7, 11) is 0. The van der Waals surface area contributed by atoms with Crippen molar-refractivity contribution in [3.05, 3.63) is 33.8 Å². The minimum atomic E-state index is -0.666. The highest BCUT2D eigenvalue weighted by Gasteiger charge is 2.46. The molecule has 2 atom stereocenters. The van der Waals surface area contributed by atoms with Gasteiger partial charge in [0.05, 0.1) is 6.61 Å². The number of hydrogen-bond acceptors (Lipinski definition) is 3. The first-order valence-corrected chi connectivity index (χ1v) is 7.23. The van der Waals surface area contributed by atoms with Gasteiger partial charge in [-0.15, -0.1) is 0 Å². The van der Waals surface area contributed by atoms with Crippen LogP contribution >= 0.6 is 23.2 Å². The third kappa shape index (κ3) is 2.76.